The van der Waals surface area contributed by atoms with Crippen LogP contribution in [-0.4, -0.2) is 73.4 Å². The van der Waals surface area contributed by atoms with E-state index in [1.807, 2.05) is 60.6 Å². The fraction of sp³-hybridized carbons (Fsp3) is 0.567. The van der Waals surface area contributed by atoms with Crippen molar-refractivity contribution >= 4 is 12.0 Å². The van der Waals surface area contributed by atoms with Crippen LogP contribution in [0.15, 0.2) is 48.7 Å². The van der Waals surface area contributed by atoms with E-state index in [1.54, 1.807) is 12.1 Å². The van der Waals surface area contributed by atoms with Crippen LogP contribution in [0.25, 0.3) is 5.70 Å². The number of nitrogens with zero attached hydrogens (tertiary/aromatic N) is 3. The van der Waals surface area contributed by atoms with E-state index in [0.29, 0.717) is 6.04 Å². The molecular weight excluding hydrogens is 453 g/mol. The van der Waals surface area contributed by atoms with Gasteiger partial charge in [-0.1, -0.05) is 40.3 Å². The molecule has 0 spiro atoms. The summed E-state index contributed by atoms with van der Waals surface area (Å²) in [5, 5.41) is 0. The third kappa shape index (κ3) is 11.4. The molecule has 1 saturated heterocycles. The summed E-state index contributed by atoms with van der Waals surface area (Å²) in [4.78, 5) is 17.3. The molecule has 0 bridgehead atoms. The third-order valence-electron chi connectivity index (χ3n) is 6.01. The molecule has 1 fully saturated rings. The van der Waals surface area contributed by atoms with Crippen molar-refractivity contribution in [3.8, 4) is 5.75 Å². The lowest BCUT2D eigenvalue weighted by Gasteiger charge is -2.39. The Morgan fingerprint density at radius 3 is 2.28 bits per heavy atom. The van der Waals surface area contributed by atoms with Gasteiger partial charge in [0.25, 0.3) is 0 Å². The molecule has 0 saturated carbocycles. The second kappa shape index (κ2) is 18.6. The number of likely N-dealkylation sites (tertiary alicyclic amines) is 1. The van der Waals surface area contributed by atoms with Crippen LogP contribution in [0.5, 0.6) is 5.75 Å². The van der Waals surface area contributed by atoms with E-state index in [2.05, 4.69) is 35.4 Å². The number of rotatable bonds is 11. The van der Waals surface area contributed by atoms with Gasteiger partial charge in [0, 0.05) is 56.2 Å². The first-order valence-corrected chi connectivity index (χ1v) is 13.3. The molecule has 0 N–H and O–H groups in total. The van der Waals surface area contributed by atoms with E-state index in [-0.39, 0.29) is 17.7 Å². The van der Waals surface area contributed by atoms with Crippen LogP contribution in [0, 0.1) is 5.82 Å². The zero-order chi connectivity index (χ0) is 27.7. The lowest BCUT2D eigenvalue weighted by molar-refractivity contribution is -0.104. The predicted molar refractivity (Wildman–Crippen MR) is 153 cm³/mol. The largest absolute Gasteiger partial charge is 0.488 e. The quantitative estimate of drug-likeness (QED) is 0.193. The van der Waals surface area contributed by atoms with Crippen LogP contribution in [0.2, 0.25) is 0 Å². The molecule has 0 aliphatic carbocycles. The molecule has 0 aromatic heterocycles. The fourth-order valence-corrected chi connectivity index (χ4v) is 3.82. The molecule has 36 heavy (non-hydrogen) atoms. The Kier molecular flexibility index (Phi) is 17.3. The number of hydrogen-bond acceptors (Lipinski definition) is 5. The summed E-state index contributed by atoms with van der Waals surface area (Å²) in [6, 6.07) is 5.62. The summed E-state index contributed by atoms with van der Waals surface area (Å²) in [5.74, 6) is -0.0613. The van der Waals surface area contributed by atoms with Crippen molar-refractivity contribution in [2.24, 2.45) is 0 Å². The van der Waals surface area contributed by atoms with Crippen LogP contribution in [0.4, 0.5) is 4.39 Å². The summed E-state index contributed by atoms with van der Waals surface area (Å²) < 4.78 is 19.9. The van der Waals surface area contributed by atoms with E-state index < -0.39 is 0 Å². The number of likely N-dealkylation sites (N-methyl/N-ethyl adjacent to an activating group) is 2. The minimum Gasteiger partial charge on any atom is -0.488 e. The Morgan fingerprint density at radius 2 is 1.75 bits per heavy atom. The number of piperidine rings is 1. The van der Waals surface area contributed by atoms with E-state index in [4.69, 9.17) is 4.74 Å². The van der Waals surface area contributed by atoms with E-state index >= 15 is 0 Å². The van der Waals surface area contributed by atoms with E-state index in [1.165, 1.54) is 12.1 Å². The molecule has 0 atom stereocenters. The first kappa shape index (κ1) is 33.4. The van der Waals surface area contributed by atoms with Gasteiger partial charge in [0.05, 0.1) is 6.10 Å². The third-order valence-corrected chi connectivity index (χ3v) is 6.01. The SMILES string of the molecule is C=C(c1ccc(OC(C)C)c(F)c1)N1CCC(N(C)CCN(C)/C(C)=C\C=C\C=O)CC1.CC.CC. The van der Waals surface area contributed by atoms with Crippen molar-refractivity contribution in [3.05, 3.63) is 60.1 Å². The van der Waals surface area contributed by atoms with Gasteiger partial charge in [0.2, 0.25) is 0 Å². The Labute approximate surface area is 220 Å². The molecule has 5 nitrogen and oxygen atoms in total. The smallest absolute Gasteiger partial charge is 0.165 e. The predicted octanol–water partition coefficient (Wildman–Crippen LogP) is 6.62. The molecular formula is C30H50FN3O2. The van der Waals surface area contributed by atoms with Gasteiger partial charge in [-0.25, -0.2) is 4.39 Å². The van der Waals surface area contributed by atoms with Crippen molar-refractivity contribution in [3.63, 3.8) is 0 Å². The van der Waals surface area contributed by atoms with Crippen LogP contribution >= 0.6 is 0 Å². The minimum atomic E-state index is -0.345. The number of benzene rings is 1. The van der Waals surface area contributed by atoms with Crippen molar-refractivity contribution in [2.45, 2.75) is 73.5 Å². The summed E-state index contributed by atoms with van der Waals surface area (Å²) in [6.45, 7) is 21.7. The lowest BCUT2D eigenvalue weighted by Crippen LogP contribution is -2.44. The van der Waals surface area contributed by atoms with E-state index in [9.17, 15) is 9.18 Å². The molecule has 1 aromatic carbocycles. The maximum atomic E-state index is 14.4. The standard InChI is InChI=1S/C26H38FN3O2.2C2H6/c1-20(2)32-26-11-10-23(19-25(26)27)22(4)30-14-12-24(13-15-30)29(6)17-16-28(5)21(3)9-7-8-18-31;2*1-2/h7-11,18-20,24H,4,12-17H2,1-3,5-6H3;2*1-2H3/b8-7+,21-9-;;. The van der Waals surface area contributed by atoms with Crippen molar-refractivity contribution in [2.75, 3.05) is 40.3 Å². The maximum absolute atomic E-state index is 14.4. The Bertz CT molecular complexity index is 827. The van der Waals surface area contributed by atoms with E-state index in [0.717, 1.165) is 62.3 Å². The molecule has 0 amide bonds. The van der Waals surface area contributed by atoms with Crippen molar-refractivity contribution in [1.82, 2.24) is 14.7 Å². The van der Waals surface area contributed by atoms with Gasteiger partial charge in [0.15, 0.2) is 11.6 Å². The second-order valence-corrected chi connectivity index (χ2v) is 8.71. The average molecular weight is 504 g/mol. The van der Waals surface area contributed by atoms with Crippen LogP contribution in [0.1, 0.15) is 66.9 Å². The minimum absolute atomic E-state index is 0.0615. The van der Waals surface area contributed by atoms with Gasteiger partial charge in [-0.3, -0.25) is 4.79 Å². The highest BCUT2D eigenvalue weighted by molar-refractivity contribution is 5.65. The van der Waals surface area contributed by atoms with Crippen LogP contribution in [-0.2, 0) is 4.79 Å². The molecule has 0 unspecified atom stereocenters. The first-order chi connectivity index (χ1) is 17.2. The van der Waals surface area contributed by atoms with Gasteiger partial charge in [-0.05, 0) is 71.0 Å². The molecule has 1 aliphatic heterocycles. The number of allylic oxidation sites excluding steroid dienone is 4. The highest BCUT2D eigenvalue weighted by Crippen LogP contribution is 2.27. The second-order valence-electron chi connectivity index (χ2n) is 8.71. The monoisotopic (exact) mass is 503 g/mol. The summed E-state index contributed by atoms with van der Waals surface area (Å²) in [7, 11) is 4.24. The topological polar surface area (TPSA) is 36.0 Å². The molecule has 0 radical (unpaired) electrons. The van der Waals surface area contributed by atoms with Gasteiger partial charge >= 0.3 is 0 Å². The zero-order valence-corrected chi connectivity index (χ0v) is 24.2. The first-order valence-electron chi connectivity index (χ1n) is 13.3. The molecule has 2 rings (SSSR count). The summed E-state index contributed by atoms with van der Waals surface area (Å²) in [5.41, 5.74) is 2.79. The Balaban J connectivity index is 0.00000291. The normalized spacial score (nSPS) is 14.2. The number of aldehydes is 1. The van der Waals surface area contributed by atoms with Crippen LogP contribution < -0.4 is 4.74 Å². The summed E-state index contributed by atoms with van der Waals surface area (Å²) >= 11 is 0. The van der Waals surface area contributed by atoms with Gasteiger partial charge in [-0.2, -0.15) is 0 Å². The van der Waals surface area contributed by atoms with Gasteiger partial charge in [0.1, 0.15) is 6.29 Å². The van der Waals surface area contributed by atoms with Crippen molar-refractivity contribution < 1.29 is 13.9 Å². The molecule has 6 heteroatoms. The highest BCUT2D eigenvalue weighted by Gasteiger charge is 2.24. The Hall–Kier alpha value is -2.60. The fourth-order valence-electron chi connectivity index (χ4n) is 3.82. The molecule has 1 aliphatic rings. The molecule has 1 aromatic rings. The lowest BCUT2D eigenvalue weighted by atomic mass is 10.0. The number of ether oxygens (including phenoxy) is 1. The number of hydrogen-bond donors (Lipinski definition) is 0. The summed E-state index contributed by atoms with van der Waals surface area (Å²) in [6.07, 6.45) is 8.03. The maximum Gasteiger partial charge on any atom is 0.165 e. The van der Waals surface area contributed by atoms with Gasteiger partial charge in [-0.15, -0.1) is 0 Å². The Morgan fingerprint density at radius 1 is 1.14 bits per heavy atom. The van der Waals surface area contributed by atoms with Gasteiger partial charge < -0.3 is 19.4 Å². The molecule has 1 heterocycles. The number of carbonyl (C=O) groups is 1. The number of carbonyl (C=O) groups excluding carboxylic acids is 1. The highest BCUT2D eigenvalue weighted by atomic mass is 19.1. The average Bonchev–Trinajstić information content (AvgIpc) is 2.90. The number of halogens is 1. The molecule has 204 valence electrons. The van der Waals surface area contributed by atoms with Crippen LogP contribution in [0.3, 0.4) is 0 Å². The van der Waals surface area contributed by atoms with Crippen molar-refractivity contribution in [1.29, 1.82) is 0 Å². The zero-order valence-electron chi connectivity index (χ0n) is 24.2.